The van der Waals surface area contributed by atoms with E-state index >= 15 is 0 Å². The van der Waals surface area contributed by atoms with Gasteiger partial charge in [-0.3, -0.25) is 4.90 Å². The van der Waals surface area contributed by atoms with Crippen molar-refractivity contribution in [2.24, 2.45) is 5.41 Å². The van der Waals surface area contributed by atoms with Gasteiger partial charge in [0.1, 0.15) is 11.4 Å². The van der Waals surface area contributed by atoms with E-state index in [-0.39, 0.29) is 17.1 Å². The van der Waals surface area contributed by atoms with Crippen LogP contribution in [0.3, 0.4) is 0 Å². The minimum absolute atomic E-state index is 0.0242. The monoisotopic (exact) mass is 478 g/mol. The van der Waals surface area contributed by atoms with E-state index in [1.54, 1.807) is 0 Å². The number of benzene rings is 2. The first kappa shape index (κ1) is 24.1. The number of piperidine rings is 1. The lowest BCUT2D eigenvalue weighted by molar-refractivity contribution is 0.00956. The highest BCUT2D eigenvalue weighted by molar-refractivity contribution is 5.68. The van der Waals surface area contributed by atoms with Gasteiger partial charge in [0.15, 0.2) is 0 Å². The fourth-order valence-corrected chi connectivity index (χ4v) is 5.18. The molecule has 3 aliphatic rings. The number of likely N-dealkylation sites (tertiary alicyclic amines) is 1. The summed E-state index contributed by atoms with van der Waals surface area (Å²) in [4.78, 5) is 16.7. The molecule has 3 aliphatic heterocycles. The van der Waals surface area contributed by atoms with Crippen molar-refractivity contribution < 1.29 is 19.0 Å². The van der Waals surface area contributed by atoms with E-state index in [1.165, 1.54) is 22.3 Å². The second kappa shape index (κ2) is 9.82. The van der Waals surface area contributed by atoms with E-state index in [1.807, 2.05) is 4.90 Å². The molecule has 3 heterocycles. The van der Waals surface area contributed by atoms with Crippen LogP contribution in [-0.2, 0) is 22.4 Å². The molecule has 0 aliphatic carbocycles. The van der Waals surface area contributed by atoms with Crippen LogP contribution >= 0.6 is 0 Å². The molecule has 2 aromatic rings. The van der Waals surface area contributed by atoms with Crippen molar-refractivity contribution in [1.29, 1.82) is 0 Å². The molecule has 0 atom stereocenters. The van der Waals surface area contributed by atoms with Crippen LogP contribution in [-0.4, -0.2) is 67.5 Å². The highest BCUT2D eigenvalue weighted by Crippen LogP contribution is 2.42. The Morgan fingerprint density at radius 3 is 2.34 bits per heavy atom. The molecule has 188 valence electrons. The van der Waals surface area contributed by atoms with Crippen LogP contribution in [0, 0.1) is 5.41 Å². The summed E-state index contributed by atoms with van der Waals surface area (Å²) in [6.07, 6.45) is 2.36. The highest BCUT2D eigenvalue weighted by atomic mass is 16.6. The molecule has 2 aromatic carbocycles. The summed E-state index contributed by atoms with van der Waals surface area (Å²) in [5.74, 6) is 0.987. The number of nitrogens with zero attached hydrogens (tertiary/aromatic N) is 2. The van der Waals surface area contributed by atoms with Gasteiger partial charge in [-0.25, -0.2) is 4.79 Å². The van der Waals surface area contributed by atoms with Gasteiger partial charge in [-0.1, -0.05) is 51.1 Å². The summed E-state index contributed by atoms with van der Waals surface area (Å²) in [6.45, 7) is 12.6. The van der Waals surface area contributed by atoms with Gasteiger partial charge in [0.05, 0.1) is 19.8 Å². The zero-order valence-corrected chi connectivity index (χ0v) is 21.3. The quantitative estimate of drug-likeness (QED) is 0.609. The first-order valence-electron chi connectivity index (χ1n) is 12.9. The Morgan fingerprint density at radius 1 is 0.971 bits per heavy atom. The van der Waals surface area contributed by atoms with Gasteiger partial charge in [0.2, 0.25) is 0 Å². The zero-order valence-electron chi connectivity index (χ0n) is 21.3. The average Bonchev–Trinajstić information content (AvgIpc) is 3.20. The lowest BCUT2D eigenvalue weighted by Gasteiger charge is -2.38. The molecule has 2 fully saturated rings. The number of fused-ring (bicyclic) bond motifs is 1. The molecule has 35 heavy (non-hydrogen) atoms. The van der Waals surface area contributed by atoms with Crippen LogP contribution in [0.25, 0.3) is 11.1 Å². The van der Waals surface area contributed by atoms with Crippen molar-refractivity contribution >= 4 is 6.09 Å². The van der Waals surface area contributed by atoms with Crippen molar-refractivity contribution in [3.05, 3.63) is 53.6 Å². The Bertz CT molecular complexity index is 1030. The molecule has 1 amide bonds. The SMILES string of the molecule is CC(C)(C)COC(=O)N1CCC2(CC1)Cc1cc(-c3ccc(CN4CCOCC4)cc3)ccc1O2. The molecule has 0 bridgehead atoms. The van der Waals surface area contributed by atoms with Crippen molar-refractivity contribution in [1.82, 2.24) is 9.80 Å². The van der Waals surface area contributed by atoms with E-state index in [9.17, 15) is 4.79 Å². The van der Waals surface area contributed by atoms with Crippen molar-refractivity contribution in [2.75, 3.05) is 46.0 Å². The molecule has 0 N–H and O–H groups in total. The second-order valence-corrected chi connectivity index (χ2v) is 11.5. The number of carbonyl (C=O) groups is 1. The summed E-state index contributed by atoms with van der Waals surface area (Å²) < 4.78 is 17.4. The van der Waals surface area contributed by atoms with E-state index in [0.29, 0.717) is 19.7 Å². The van der Waals surface area contributed by atoms with Crippen LogP contribution in [0.2, 0.25) is 0 Å². The standard InChI is InChI=1S/C29H38N2O4/c1-28(2,3)21-34-27(32)31-12-10-29(11-13-31)19-25-18-24(8-9-26(25)35-29)23-6-4-22(5-7-23)20-30-14-16-33-17-15-30/h4-9,18H,10-17,19-21H2,1-3H3. The van der Waals surface area contributed by atoms with Crippen molar-refractivity contribution in [3.63, 3.8) is 0 Å². The maximum atomic E-state index is 12.5. The minimum atomic E-state index is -0.205. The van der Waals surface area contributed by atoms with E-state index < -0.39 is 0 Å². The molecule has 6 nitrogen and oxygen atoms in total. The number of ether oxygens (including phenoxy) is 3. The molecule has 1 spiro atoms. The minimum Gasteiger partial charge on any atom is -0.487 e. The number of rotatable bonds is 4. The predicted molar refractivity (Wildman–Crippen MR) is 137 cm³/mol. The summed E-state index contributed by atoms with van der Waals surface area (Å²) in [5.41, 5.74) is 4.84. The third-order valence-electron chi connectivity index (χ3n) is 7.26. The largest absolute Gasteiger partial charge is 0.487 e. The maximum Gasteiger partial charge on any atom is 0.409 e. The Hall–Kier alpha value is -2.57. The van der Waals surface area contributed by atoms with Gasteiger partial charge in [0, 0.05) is 52.0 Å². The molecule has 2 saturated heterocycles. The Balaban J connectivity index is 1.18. The van der Waals surface area contributed by atoms with Gasteiger partial charge in [-0.2, -0.15) is 0 Å². The van der Waals surface area contributed by atoms with E-state index in [4.69, 9.17) is 14.2 Å². The van der Waals surface area contributed by atoms with Gasteiger partial charge in [-0.05, 0) is 39.8 Å². The number of hydrogen-bond acceptors (Lipinski definition) is 5. The van der Waals surface area contributed by atoms with Crippen LogP contribution in [0.15, 0.2) is 42.5 Å². The third-order valence-corrected chi connectivity index (χ3v) is 7.26. The van der Waals surface area contributed by atoms with Gasteiger partial charge in [0.25, 0.3) is 0 Å². The van der Waals surface area contributed by atoms with Crippen LogP contribution in [0.5, 0.6) is 5.75 Å². The molecular formula is C29H38N2O4. The number of morpholine rings is 1. The first-order valence-corrected chi connectivity index (χ1v) is 12.9. The van der Waals surface area contributed by atoms with Gasteiger partial charge < -0.3 is 19.1 Å². The van der Waals surface area contributed by atoms with Gasteiger partial charge >= 0.3 is 6.09 Å². The fourth-order valence-electron chi connectivity index (χ4n) is 5.18. The zero-order chi connectivity index (χ0) is 24.5. The normalized spacial score (nSPS) is 19.9. The van der Waals surface area contributed by atoms with Crippen molar-refractivity contribution in [2.45, 2.75) is 52.2 Å². The van der Waals surface area contributed by atoms with Crippen LogP contribution in [0.1, 0.15) is 44.7 Å². The number of hydrogen-bond donors (Lipinski definition) is 0. The molecule has 0 radical (unpaired) electrons. The molecule has 6 heteroatoms. The first-order chi connectivity index (χ1) is 16.8. The smallest absolute Gasteiger partial charge is 0.409 e. The summed E-state index contributed by atoms with van der Waals surface area (Å²) >= 11 is 0. The Labute approximate surface area is 209 Å². The van der Waals surface area contributed by atoms with Gasteiger partial charge in [-0.15, -0.1) is 0 Å². The van der Waals surface area contributed by atoms with Crippen LogP contribution in [0.4, 0.5) is 4.79 Å². The molecule has 5 rings (SSSR count). The van der Waals surface area contributed by atoms with E-state index in [0.717, 1.165) is 57.9 Å². The molecule has 0 aromatic heterocycles. The fraction of sp³-hybridized carbons (Fsp3) is 0.552. The second-order valence-electron chi connectivity index (χ2n) is 11.5. The number of amides is 1. The third kappa shape index (κ3) is 5.81. The summed E-state index contributed by atoms with van der Waals surface area (Å²) in [7, 11) is 0. The lowest BCUT2D eigenvalue weighted by Crippen LogP contribution is -2.49. The van der Waals surface area contributed by atoms with Crippen LogP contribution < -0.4 is 4.74 Å². The molecule has 0 unspecified atom stereocenters. The number of carbonyl (C=O) groups excluding carboxylic acids is 1. The average molecular weight is 479 g/mol. The highest BCUT2D eigenvalue weighted by Gasteiger charge is 2.43. The van der Waals surface area contributed by atoms with Crippen molar-refractivity contribution in [3.8, 4) is 16.9 Å². The topological polar surface area (TPSA) is 51.2 Å². The predicted octanol–water partition coefficient (Wildman–Crippen LogP) is 5.14. The summed E-state index contributed by atoms with van der Waals surface area (Å²) in [5, 5.41) is 0. The van der Waals surface area contributed by atoms with E-state index in [2.05, 4.69) is 68.1 Å². The Morgan fingerprint density at radius 2 is 1.66 bits per heavy atom. The maximum absolute atomic E-state index is 12.5. The molecule has 0 saturated carbocycles. The lowest BCUT2D eigenvalue weighted by atomic mass is 9.86. The molecular weight excluding hydrogens is 440 g/mol. The summed E-state index contributed by atoms with van der Waals surface area (Å²) in [6, 6.07) is 15.5. The Kier molecular flexibility index (Phi) is 6.78.